The van der Waals surface area contributed by atoms with Gasteiger partial charge in [-0.3, -0.25) is 10.1 Å². The van der Waals surface area contributed by atoms with Crippen LogP contribution in [-0.2, 0) is 6.42 Å². The van der Waals surface area contributed by atoms with Gasteiger partial charge in [0.05, 0.1) is 4.92 Å². The SMILES string of the molecule is CCc1ccc2c(c1[N+](=O)[O-])OCO2. The standard InChI is InChI=1S/C9H9NO4/c1-2-6-3-4-7-9(14-5-13-7)8(6)10(11)12/h3-4H,2,5H2,1H3. The third-order valence-electron chi connectivity index (χ3n) is 2.16. The zero-order chi connectivity index (χ0) is 10.1. The van der Waals surface area contributed by atoms with Crippen molar-refractivity contribution in [2.24, 2.45) is 0 Å². The predicted octanol–water partition coefficient (Wildman–Crippen LogP) is 1.89. The van der Waals surface area contributed by atoms with E-state index < -0.39 is 4.92 Å². The van der Waals surface area contributed by atoms with Gasteiger partial charge in [0.2, 0.25) is 12.5 Å². The number of ether oxygens (including phenoxy) is 2. The number of fused-ring (bicyclic) bond motifs is 1. The molecule has 0 aliphatic carbocycles. The fraction of sp³-hybridized carbons (Fsp3) is 0.333. The van der Waals surface area contributed by atoms with E-state index in [0.717, 1.165) is 0 Å². The first-order chi connectivity index (χ1) is 6.74. The summed E-state index contributed by atoms with van der Waals surface area (Å²) >= 11 is 0. The highest BCUT2D eigenvalue weighted by molar-refractivity contribution is 5.61. The summed E-state index contributed by atoms with van der Waals surface area (Å²) in [7, 11) is 0. The van der Waals surface area contributed by atoms with Gasteiger partial charge in [0, 0.05) is 5.56 Å². The molecule has 1 heterocycles. The number of hydrogen-bond acceptors (Lipinski definition) is 4. The molecule has 1 aliphatic heterocycles. The summed E-state index contributed by atoms with van der Waals surface area (Å²) in [5, 5.41) is 10.8. The number of nitrogens with zero attached hydrogens (tertiary/aromatic N) is 1. The molecule has 0 unspecified atom stereocenters. The van der Waals surface area contributed by atoms with E-state index in [4.69, 9.17) is 9.47 Å². The molecule has 0 amide bonds. The number of rotatable bonds is 2. The van der Waals surface area contributed by atoms with Gasteiger partial charge in [-0.1, -0.05) is 6.92 Å². The summed E-state index contributed by atoms with van der Waals surface area (Å²) in [5.74, 6) is 0.711. The quantitative estimate of drug-likeness (QED) is 0.534. The van der Waals surface area contributed by atoms with Crippen LogP contribution in [0.3, 0.4) is 0 Å². The average molecular weight is 195 g/mol. The van der Waals surface area contributed by atoms with E-state index in [0.29, 0.717) is 17.7 Å². The van der Waals surface area contributed by atoms with E-state index >= 15 is 0 Å². The third-order valence-corrected chi connectivity index (χ3v) is 2.16. The Labute approximate surface area is 80.4 Å². The lowest BCUT2D eigenvalue weighted by molar-refractivity contribution is -0.386. The molecule has 0 N–H and O–H groups in total. The molecule has 0 atom stereocenters. The molecule has 0 fully saturated rings. The highest BCUT2D eigenvalue weighted by Gasteiger charge is 2.28. The van der Waals surface area contributed by atoms with Crippen molar-refractivity contribution in [1.82, 2.24) is 0 Å². The van der Waals surface area contributed by atoms with Crippen LogP contribution in [0.15, 0.2) is 12.1 Å². The lowest BCUT2D eigenvalue weighted by atomic mass is 10.1. The Morgan fingerprint density at radius 1 is 1.50 bits per heavy atom. The molecule has 5 nitrogen and oxygen atoms in total. The Morgan fingerprint density at radius 3 is 2.93 bits per heavy atom. The van der Waals surface area contributed by atoms with Gasteiger partial charge < -0.3 is 9.47 Å². The van der Waals surface area contributed by atoms with Crippen molar-refractivity contribution in [2.45, 2.75) is 13.3 Å². The third kappa shape index (κ3) is 1.17. The van der Waals surface area contributed by atoms with Crippen molar-refractivity contribution >= 4 is 5.69 Å². The first-order valence-corrected chi connectivity index (χ1v) is 4.30. The molecule has 1 aromatic carbocycles. The van der Waals surface area contributed by atoms with Crippen molar-refractivity contribution in [2.75, 3.05) is 6.79 Å². The molecule has 74 valence electrons. The first-order valence-electron chi connectivity index (χ1n) is 4.30. The molecule has 1 aliphatic rings. The number of nitro groups is 1. The molecule has 1 aromatic rings. The second-order valence-electron chi connectivity index (χ2n) is 2.92. The largest absolute Gasteiger partial charge is 0.453 e. The van der Waals surface area contributed by atoms with Gasteiger partial charge >= 0.3 is 5.69 Å². The van der Waals surface area contributed by atoms with E-state index in [-0.39, 0.29) is 18.2 Å². The van der Waals surface area contributed by atoms with Crippen LogP contribution in [-0.4, -0.2) is 11.7 Å². The Bertz CT molecular complexity index is 389. The van der Waals surface area contributed by atoms with Gasteiger partial charge in [-0.25, -0.2) is 0 Å². The minimum atomic E-state index is -0.424. The summed E-state index contributed by atoms with van der Waals surface area (Å²) in [6.07, 6.45) is 0.604. The summed E-state index contributed by atoms with van der Waals surface area (Å²) in [4.78, 5) is 10.4. The molecule has 14 heavy (non-hydrogen) atoms. The summed E-state index contributed by atoms with van der Waals surface area (Å²) in [5.41, 5.74) is 0.696. The smallest absolute Gasteiger partial charge is 0.318 e. The topological polar surface area (TPSA) is 61.6 Å². The van der Waals surface area contributed by atoms with Crippen LogP contribution in [0.4, 0.5) is 5.69 Å². The maximum Gasteiger partial charge on any atom is 0.318 e. The van der Waals surface area contributed by atoms with Crippen molar-refractivity contribution in [1.29, 1.82) is 0 Å². The monoisotopic (exact) mass is 195 g/mol. The van der Waals surface area contributed by atoms with E-state index in [1.165, 1.54) is 0 Å². The molecular formula is C9H9NO4. The van der Waals surface area contributed by atoms with Crippen LogP contribution in [0.5, 0.6) is 11.5 Å². The molecular weight excluding hydrogens is 186 g/mol. The molecule has 0 aromatic heterocycles. The number of benzene rings is 1. The lowest BCUT2D eigenvalue weighted by Crippen LogP contribution is -1.97. The van der Waals surface area contributed by atoms with Crippen LogP contribution in [0.2, 0.25) is 0 Å². The van der Waals surface area contributed by atoms with Gasteiger partial charge in [-0.2, -0.15) is 0 Å². The van der Waals surface area contributed by atoms with Gasteiger partial charge in [0.15, 0.2) is 5.75 Å². The highest BCUT2D eigenvalue weighted by Crippen LogP contribution is 2.42. The van der Waals surface area contributed by atoms with Crippen LogP contribution in [0, 0.1) is 10.1 Å². The minimum absolute atomic E-state index is 0.0301. The van der Waals surface area contributed by atoms with Crippen LogP contribution >= 0.6 is 0 Å². The van der Waals surface area contributed by atoms with Crippen molar-refractivity contribution < 1.29 is 14.4 Å². The first kappa shape index (κ1) is 8.80. The van der Waals surface area contributed by atoms with Gasteiger partial charge in [0.25, 0.3) is 0 Å². The van der Waals surface area contributed by atoms with Crippen molar-refractivity contribution in [3.8, 4) is 11.5 Å². The van der Waals surface area contributed by atoms with Crippen molar-refractivity contribution in [3.63, 3.8) is 0 Å². The number of aryl methyl sites for hydroxylation is 1. The average Bonchev–Trinajstić information content (AvgIpc) is 2.62. The summed E-state index contributed by atoms with van der Waals surface area (Å²) in [6.45, 7) is 1.92. The fourth-order valence-electron chi connectivity index (χ4n) is 1.48. The number of nitro benzene ring substituents is 1. The molecule has 0 saturated carbocycles. The fourth-order valence-corrected chi connectivity index (χ4v) is 1.48. The molecule has 0 spiro atoms. The predicted molar refractivity (Wildman–Crippen MR) is 48.6 cm³/mol. The zero-order valence-electron chi connectivity index (χ0n) is 7.65. The van der Waals surface area contributed by atoms with E-state index in [1.54, 1.807) is 12.1 Å². The Kier molecular flexibility index (Phi) is 1.99. The lowest BCUT2D eigenvalue weighted by Gasteiger charge is -2.02. The molecule has 2 rings (SSSR count). The van der Waals surface area contributed by atoms with Crippen LogP contribution in [0.25, 0.3) is 0 Å². The highest BCUT2D eigenvalue weighted by atomic mass is 16.7. The Morgan fingerprint density at radius 2 is 2.29 bits per heavy atom. The van der Waals surface area contributed by atoms with E-state index in [1.807, 2.05) is 6.92 Å². The summed E-state index contributed by atoms with van der Waals surface area (Å²) < 4.78 is 10.1. The van der Waals surface area contributed by atoms with Gasteiger partial charge in [0.1, 0.15) is 0 Å². The van der Waals surface area contributed by atoms with Gasteiger partial charge in [-0.15, -0.1) is 0 Å². The molecule has 0 bridgehead atoms. The number of hydrogen-bond donors (Lipinski definition) is 0. The second-order valence-corrected chi connectivity index (χ2v) is 2.92. The van der Waals surface area contributed by atoms with E-state index in [2.05, 4.69) is 0 Å². The molecule has 0 saturated heterocycles. The summed E-state index contributed by atoms with van der Waals surface area (Å²) in [6, 6.07) is 3.40. The Hall–Kier alpha value is -1.78. The molecule has 5 heteroatoms. The van der Waals surface area contributed by atoms with Gasteiger partial charge in [-0.05, 0) is 18.6 Å². The minimum Gasteiger partial charge on any atom is -0.453 e. The molecule has 0 radical (unpaired) electrons. The van der Waals surface area contributed by atoms with Crippen LogP contribution in [0.1, 0.15) is 12.5 Å². The maximum absolute atomic E-state index is 10.8. The second kappa shape index (κ2) is 3.17. The van der Waals surface area contributed by atoms with Crippen LogP contribution < -0.4 is 9.47 Å². The zero-order valence-corrected chi connectivity index (χ0v) is 7.65. The maximum atomic E-state index is 10.8. The Balaban J connectivity index is 2.62. The van der Waals surface area contributed by atoms with Crippen molar-refractivity contribution in [3.05, 3.63) is 27.8 Å². The normalized spacial score (nSPS) is 12.9. The van der Waals surface area contributed by atoms with E-state index in [9.17, 15) is 10.1 Å².